The first-order valence-electron chi connectivity index (χ1n) is 6.30. The third kappa shape index (κ3) is 2.67. The van der Waals surface area contributed by atoms with Crippen LogP contribution in [0.15, 0.2) is 65.4 Å². The molecular weight excluding hydrogens is 271 g/mol. The molecule has 0 fully saturated rings. The van der Waals surface area contributed by atoms with Crippen LogP contribution in [-0.2, 0) is 0 Å². The molecule has 0 aliphatic carbocycles. The number of carbonyl (C=O) groups excluding carboxylic acids is 1. The van der Waals surface area contributed by atoms with E-state index in [-0.39, 0.29) is 11.4 Å². The highest BCUT2D eigenvalue weighted by molar-refractivity contribution is 6.05. The number of halogens is 1. The number of anilines is 1. The lowest BCUT2D eigenvalue weighted by Gasteiger charge is -2.05. The van der Waals surface area contributed by atoms with Crippen molar-refractivity contribution in [3.05, 3.63) is 72.6 Å². The fraction of sp³-hybridized carbons (Fsp3) is 0. The van der Waals surface area contributed by atoms with Gasteiger partial charge in [0, 0.05) is 5.56 Å². The van der Waals surface area contributed by atoms with Crippen LogP contribution in [0.4, 0.5) is 10.1 Å². The van der Waals surface area contributed by atoms with Gasteiger partial charge < -0.3 is 9.73 Å². The highest BCUT2D eigenvalue weighted by Crippen LogP contribution is 2.23. The van der Waals surface area contributed by atoms with Crippen LogP contribution in [0.3, 0.4) is 0 Å². The molecule has 0 saturated heterocycles. The molecule has 1 heterocycles. The van der Waals surface area contributed by atoms with Crippen LogP contribution in [0.1, 0.15) is 10.6 Å². The lowest BCUT2D eigenvalue weighted by Crippen LogP contribution is -2.13. The van der Waals surface area contributed by atoms with E-state index in [4.69, 9.17) is 4.42 Å². The molecule has 21 heavy (non-hydrogen) atoms. The molecule has 1 amide bonds. The summed E-state index contributed by atoms with van der Waals surface area (Å²) in [6, 6.07) is 15.1. The minimum absolute atomic E-state index is 0.0458. The maximum atomic E-state index is 13.6. The summed E-state index contributed by atoms with van der Waals surface area (Å²) in [5.41, 5.74) is 1.27. The van der Waals surface area contributed by atoms with Gasteiger partial charge >= 0.3 is 0 Å². The second-order valence-corrected chi connectivity index (χ2v) is 4.33. The smallest absolute Gasteiger partial charge is 0.293 e. The molecule has 5 heteroatoms. The molecular formula is C16H11FN2O2. The van der Waals surface area contributed by atoms with E-state index < -0.39 is 11.7 Å². The van der Waals surface area contributed by atoms with Crippen molar-refractivity contribution in [3.63, 3.8) is 0 Å². The topological polar surface area (TPSA) is 55.1 Å². The Labute approximate surface area is 120 Å². The summed E-state index contributed by atoms with van der Waals surface area (Å²) in [5, 5.41) is 2.48. The third-order valence-electron chi connectivity index (χ3n) is 2.94. The van der Waals surface area contributed by atoms with Gasteiger partial charge in [0.15, 0.2) is 6.39 Å². The molecule has 0 aliphatic heterocycles. The Hall–Kier alpha value is -2.95. The summed E-state index contributed by atoms with van der Waals surface area (Å²) >= 11 is 0. The van der Waals surface area contributed by atoms with Crippen LogP contribution in [-0.4, -0.2) is 10.9 Å². The summed E-state index contributed by atoms with van der Waals surface area (Å²) in [7, 11) is 0. The Morgan fingerprint density at radius 3 is 2.52 bits per heavy atom. The van der Waals surface area contributed by atoms with Gasteiger partial charge in [0.05, 0.1) is 5.69 Å². The van der Waals surface area contributed by atoms with Crippen molar-refractivity contribution in [1.29, 1.82) is 0 Å². The van der Waals surface area contributed by atoms with Gasteiger partial charge in [-0.1, -0.05) is 42.5 Å². The Morgan fingerprint density at radius 1 is 1.05 bits per heavy atom. The molecule has 1 N–H and O–H groups in total. The number of nitrogens with one attached hydrogen (secondary N) is 1. The Morgan fingerprint density at radius 2 is 1.76 bits per heavy atom. The van der Waals surface area contributed by atoms with Gasteiger partial charge in [-0.05, 0) is 12.1 Å². The first kappa shape index (κ1) is 13.1. The number of hydrogen-bond acceptors (Lipinski definition) is 3. The summed E-state index contributed by atoms with van der Waals surface area (Å²) in [6.07, 6.45) is 1.19. The van der Waals surface area contributed by atoms with Gasteiger partial charge in [0.2, 0.25) is 5.76 Å². The van der Waals surface area contributed by atoms with Crippen molar-refractivity contribution < 1.29 is 13.6 Å². The SMILES string of the molecule is O=C(Nc1ccccc1F)c1ocnc1-c1ccccc1. The number of hydrogen-bond donors (Lipinski definition) is 1. The van der Waals surface area contributed by atoms with Crippen LogP contribution in [0.25, 0.3) is 11.3 Å². The minimum atomic E-state index is -0.545. The number of oxazole rings is 1. The van der Waals surface area contributed by atoms with Gasteiger partial charge in [0.25, 0.3) is 5.91 Å². The number of nitrogens with zero attached hydrogens (tertiary/aromatic N) is 1. The van der Waals surface area contributed by atoms with E-state index >= 15 is 0 Å². The molecule has 1 aromatic heterocycles. The molecule has 3 rings (SSSR count). The van der Waals surface area contributed by atoms with E-state index in [2.05, 4.69) is 10.3 Å². The van der Waals surface area contributed by atoms with Crippen molar-refractivity contribution in [2.24, 2.45) is 0 Å². The second kappa shape index (κ2) is 5.58. The monoisotopic (exact) mass is 282 g/mol. The number of aromatic nitrogens is 1. The van der Waals surface area contributed by atoms with Crippen LogP contribution in [0.5, 0.6) is 0 Å². The second-order valence-electron chi connectivity index (χ2n) is 4.33. The van der Waals surface area contributed by atoms with Gasteiger partial charge in [0.1, 0.15) is 11.5 Å². The molecule has 0 bridgehead atoms. The Kier molecular flexibility index (Phi) is 3.47. The molecule has 0 radical (unpaired) electrons. The predicted molar refractivity (Wildman–Crippen MR) is 76.3 cm³/mol. The van der Waals surface area contributed by atoms with Crippen LogP contribution in [0, 0.1) is 5.82 Å². The zero-order valence-corrected chi connectivity index (χ0v) is 10.9. The van der Waals surface area contributed by atoms with Crippen molar-refractivity contribution in [1.82, 2.24) is 4.98 Å². The van der Waals surface area contributed by atoms with Crippen molar-refractivity contribution >= 4 is 11.6 Å². The van der Waals surface area contributed by atoms with Crippen LogP contribution < -0.4 is 5.32 Å². The van der Waals surface area contributed by atoms with Gasteiger partial charge in [-0.3, -0.25) is 4.79 Å². The van der Waals surface area contributed by atoms with E-state index in [0.717, 1.165) is 5.56 Å². The number of carbonyl (C=O) groups is 1. The summed E-state index contributed by atoms with van der Waals surface area (Å²) in [4.78, 5) is 16.3. The highest BCUT2D eigenvalue weighted by Gasteiger charge is 2.19. The van der Waals surface area contributed by atoms with Crippen molar-refractivity contribution in [2.45, 2.75) is 0 Å². The number of benzene rings is 2. The first-order chi connectivity index (χ1) is 10.3. The van der Waals surface area contributed by atoms with Gasteiger partial charge in [-0.15, -0.1) is 0 Å². The largest absolute Gasteiger partial charge is 0.438 e. The summed E-state index contributed by atoms with van der Waals surface area (Å²) in [6.45, 7) is 0. The Balaban J connectivity index is 1.90. The fourth-order valence-corrected chi connectivity index (χ4v) is 1.95. The molecule has 4 nitrogen and oxygen atoms in total. The van der Waals surface area contributed by atoms with E-state index in [9.17, 15) is 9.18 Å². The lowest BCUT2D eigenvalue weighted by atomic mass is 10.1. The molecule has 0 aliphatic rings. The predicted octanol–water partition coefficient (Wildman–Crippen LogP) is 3.73. The average Bonchev–Trinajstić information content (AvgIpc) is 3.00. The van der Waals surface area contributed by atoms with Gasteiger partial charge in [-0.2, -0.15) is 0 Å². The summed E-state index contributed by atoms with van der Waals surface area (Å²) in [5.74, 6) is -1.01. The van der Waals surface area contributed by atoms with E-state index in [0.29, 0.717) is 5.69 Å². The summed E-state index contributed by atoms with van der Waals surface area (Å²) < 4.78 is 18.7. The van der Waals surface area contributed by atoms with Crippen molar-refractivity contribution in [2.75, 3.05) is 5.32 Å². The van der Waals surface area contributed by atoms with E-state index in [1.165, 1.54) is 18.5 Å². The molecule has 0 saturated carbocycles. The first-order valence-corrected chi connectivity index (χ1v) is 6.30. The Bertz CT molecular complexity index is 769. The maximum absolute atomic E-state index is 13.6. The standard InChI is InChI=1S/C16H11FN2O2/c17-12-8-4-5-9-13(12)19-16(20)15-14(18-10-21-15)11-6-2-1-3-7-11/h1-10H,(H,19,20). The third-order valence-corrected chi connectivity index (χ3v) is 2.94. The number of rotatable bonds is 3. The zero-order valence-electron chi connectivity index (χ0n) is 10.9. The highest BCUT2D eigenvalue weighted by atomic mass is 19.1. The molecule has 2 aromatic carbocycles. The molecule has 0 atom stereocenters. The lowest BCUT2D eigenvalue weighted by molar-refractivity contribution is 0.0997. The maximum Gasteiger partial charge on any atom is 0.293 e. The molecule has 104 valence electrons. The zero-order chi connectivity index (χ0) is 14.7. The quantitative estimate of drug-likeness (QED) is 0.796. The number of amides is 1. The van der Waals surface area contributed by atoms with E-state index in [1.807, 2.05) is 30.3 Å². The van der Waals surface area contributed by atoms with Crippen LogP contribution >= 0.6 is 0 Å². The normalized spacial score (nSPS) is 10.3. The molecule has 0 spiro atoms. The van der Waals surface area contributed by atoms with Crippen LogP contribution in [0.2, 0.25) is 0 Å². The molecule has 3 aromatic rings. The van der Waals surface area contributed by atoms with Gasteiger partial charge in [-0.25, -0.2) is 9.37 Å². The number of para-hydroxylation sites is 1. The fourth-order valence-electron chi connectivity index (χ4n) is 1.95. The minimum Gasteiger partial charge on any atom is -0.438 e. The van der Waals surface area contributed by atoms with Crippen molar-refractivity contribution in [3.8, 4) is 11.3 Å². The van der Waals surface area contributed by atoms with E-state index in [1.54, 1.807) is 12.1 Å². The molecule has 0 unspecified atom stereocenters. The average molecular weight is 282 g/mol.